The van der Waals surface area contributed by atoms with Gasteiger partial charge in [-0.15, -0.1) is 0 Å². The standard InChI is InChI=1S/C15H15NO3/c1-2-18-16-15(17)12-7-6-10-14(11-12)19-13-8-4-3-5-9-13/h3-11H,2H2,1H3,(H,16,17). The van der Waals surface area contributed by atoms with E-state index >= 15 is 0 Å². The van der Waals surface area contributed by atoms with Crippen LogP contribution in [0, 0.1) is 0 Å². The van der Waals surface area contributed by atoms with Crippen molar-refractivity contribution in [3.63, 3.8) is 0 Å². The molecule has 1 amide bonds. The fourth-order valence-electron chi connectivity index (χ4n) is 1.52. The number of ether oxygens (including phenoxy) is 1. The van der Waals surface area contributed by atoms with Crippen LogP contribution in [-0.4, -0.2) is 12.5 Å². The molecule has 0 heterocycles. The molecule has 2 rings (SSSR count). The van der Waals surface area contributed by atoms with Crippen molar-refractivity contribution in [2.75, 3.05) is 6.61 Å². The number of para-hydroxylation sites is 1. The molecule has 0 aromatic heterocycles. The highest BCUT2D eigenvalue weighted by Gasteiger charge is 2.06. The van der Waals surface area contributed by atoms with Gasteiger partial charge in [0.05, 0.1) is 6.61 Å². The molecule has 0 bridgehead atoms. The van der Waals surface area contributed by atoms with Crippen molar-refractivity contribution in [2.45, 2.75) is 6.92 Å². The molecule has 0 unspecified atom stereocenters. The molecular formula is C15H15NO3. The average Bonchev–Trinajstić information content (AvgIpc) is 2.46. The molecule has 0 saturated carbocycles. The van der Waals surface area contributed by atoms with E-state index in [1.54, 1.807) is 31.2 Å². The lowest BCUT2D eigenvalue weighted by molar-refractivity contribution is 0.0364. The van der Waals surface area contributed by atoms with E-state index < -0.39 is 0 Å². The van der Waals surface area contributed by atoms with Gasteiger partial charge in [0, 0.05) is 5.56 Å². The number of carbonyl (C=O) groups is 1. The summed E-state index contributed by atoms with van der Waals surface area (Å²) in [4.78, 5) is 16.6. The lowest BCUT2D eigenvalue weighted by atomic mass is 10.2. The summed E-state index contributed by atoms with van der Waals surface area (Å²) >= 11 is 0. The van der Waals surface area contributed by atoms with Crippen molar-refractivity contribution in [1.29, 1.82) is 0 Å². The zero-order valence-corrected chi connectivity index (χ0v) is 10.6. The van der Waals surface area contributed by atoms with Crippen molar-refractivity contribution in [1.82, 2.24) is 5.48 Å². The summed E-state index contributed by atoms with van der Waals surface area (Å²) in [6.45, 7) is 2.22. The molecule has 0 saturated heterocycles. The fourth-order valence-corrected chi connectivity index (χ4v) is 1.52. The van der Waals surface area contributed by atoms with Crippen LogP contribution in [0.15, 0.2) is 54.6 Å². The minimum atomic E-state index is -0.291. The molecule has 0 aliphatic rings. The van der Waals surface area contributed by atoms with Crippen molar-refractivity contribution in [3.8, 4) is 11.5 Å². The van der Waals surface area contributed by atoms with Gasteiger partial charge in [0.15, 0.2) is 0 Å². The van der Waals surface area contributed by atoms with E-state index in [-0.39, 0.29) is 5.91 Å². The van der Waals surface area contributed by atoms with E-state index in [2.05, 4.69) is 5.48 Å². The molecule has 0 aliphatic heterocycles. The molecule has 4 heteroatoms. The number of amides is 1. The van der Waals surface area contributed by atoms with E-state index in [1.165, 1.54) is 0 Å². The minimum Gasteiger partial charge on any atom is -0.457 e. The van der Waals surface area contributed by atoms with Gasteiger partial charge in [0.25, 0.3) is 5.91 Å². The highest BCUT2D eigenvalue weighted by Crippen LogP contribution is 2.21. The van der Waals surface area contributed by atoms with Gasteiger partial charge in [-0.25, -0.2) is 5.48 Å². The molecule has 0 spiro atoms. The number of hydrogen-bond donors (Lipinski definition) is 1. The molecule has 1 N–H and O–H groups in total. The predicted octanol–water partition coefficient (Wildman–Crippen LogP) is 3.16. The SMILES string of the molecule is CCONC(=O)c1cccc(Oc2ccccc2)c1. The van der Waals surface area contributed by atoms with Crippen LogP contribution in [0.5, 0.6) is 11.5 Å². The molecule has 19 heavy (non-hydrogen) atoms. The van der Waals surface area contributed by atoms with E-state index in [0.717, 1.165) is 5.75 Å². The van der Waals surface area contributed by atoms with Gasteiger partial charge >= 0.3 is 0 Å². The zero-order valence-electron chi connectivity index (χ0n) is 10.6. The molecule has 2 aromatic rings. The van der Waals surface area contributed by atoms with Gasteiger partial charge in [-0.05, 0) is 37.3 Å². The monoisotopic (exact) mass is 257 g/mol. The van der Waals surface area contributed by atoms with Crippen LogP contribution < -0.4 is 10.2 Å². The van der Waals surface area contributed by atoms with Crippen molar-refractivity contribution in [3.05, 3.63) is 60.2 Å². The smallest absolute Gasteiger partial charge is 0.274 e. The molecule has 98 valence electrons. The van der Waals surface area contributed by atoms with Crippen LogP contribution in [0.4, 0.5) is 0 Å². The first-order valence-corrected chi connectivity index (χ1v) is 6.04. The summed E-state index contributed by atoms with van der Waals surface area (Å²) < 4.78 is 5.65. The normalized spacial score (nSPS) is 9.95. The lowest BCUT2D eigenvalue weighted by Crippen LogP contribution is -2.23. The Hall–Kier alpha value is -2.33. The Bertz CT molecular complexity index is 540. The van der Waals surface area contributed by atoms with Crippen LogP contribution in [0.1, 0.15) is 17.3 Å². The topological polar surface area (TPSA) is 47.6 Å². The summed E-state index contributed by atoms with van der Waals surface area (Å²) in [6, 6.07) is 16.3. The third-order valence-electron chi connectivity index (χ3n) is 2.38. The Morgan fingerprint density at radius 1 is 1.05 bits per heavy atom. The molecule has 0 fully saturated rings. The Labute approximate surface area is 111 Å². The third kappa shape index (κ3) is 3.82. The van der Waals surface area contributed by atoms with Crippen molar-refractivity contribution >= 4 is 5.91 Å². The number of nitrogens with one attached hydrogen (secondary N) is 1. The number of benzene rings is 2. The van der Waals surface area contributed by atoms with E-state index in [0.29, 0.717) is 17.9 Å². The van der Waals surface area contributed by atoms with Crippen molar-refractivity contribution in [2.24, 2.45) is 0 Å². The summed E-state index contributed by atoms with van der Waals surface area (Å²) in [7, 11) is 0. The molecule has 0 radical (unpaired) electrons. The zero-order chi connectivity index (χ0) is 13.5. The number of carbonyl (C=O) groups excluding carboxylic acids is 1. The third-order valence-corrected chi connectivity index (χ3v) is 2.38. The van der Waals surface area contributed by atoms with Crippen LogP contribution in [0.2, 0.25) is 0 Å². The van der Waals surface area contributed by atoms with Crippen LogP contribution in [0.25, 0.3) is 0 Å². The maximum Gasteiger partial charge on any atom is 0.274 e. The maximum absolute atomic E-state index is 11.7. The quantitative estimate of drug-likeness (QED) is 0.837. The molecule has 0 aliphatic carbocycles. The second-order valence-corrected chi connectivity index (χ2v) is 3.81. The maximum atomic E-state index is 11.7. The fraction of sp³-hybridized carbons (Fsp3) is 0.133. The summed E-state index contributed by atoms with van der Waals surface area (Å²) in [5.41, 5.74) is 2.83. The molecule has 4 nitrogen and oxygen atoms in total. The number of rotatable bonds is 5. The van der Waals surface area contributed by atoms with Gasteiger partial charge in [-0.2, -0.15) is 0 Å². The number of hydroxylamine groups is 1. The first kappa shape index (κ1) is 13.1. The second-order valence-electron chi connectivity index (χ2n) is 3.81. The van der Waals surface area contributed by atoms with Gasteiger partial charge < -0.3 is 4.74 Å². The minimum absolute atomic E-state index is 0.291. The molecular weight excluding hydrogens is 242 g/mol. The van der Waals surface area contributed by atoms with Crippen LogP contribution >= 0.6 is 0 Å². The summed E-state index contributed by atoms with van der Waals surface area (Å²) in [5, 5.41) is 0. The predicted molar refractivity (Wildman–Crippen MR) is 72.1 cm³/mol. The summed E-state index contributed by atoms with van der Waals surface area (Å²) in [5.74, 6) is 1.04. The van der Waals surface area contributed by atoms with E-state index in [1.807, 2.05) is 30.3 Å². The van der Waals surface area contributed by atoms with Gasteiger partial charge in [0.1, 0.15) is 11.5 Å². The Morgan fingerprint density at radius 2 is 1.79 bits per heavy atom. The van der Waals surface area contributed by atoms with Gasteiger partial charge in [0.2, 0.25) is 0 Å². The lowest BCUT2D eigenvalue weighted by Gasteiger charge is -2.07. The Morgan fingerprint density at radius 3 is 2.53 bits per heavy atom. The second kappa shape index (κ2) is 6.56. The largest absolute Gasteiger partial charge is 0.457 e. The van der Waals surface area contributed by atoms with Crippen LogP contribution in [0.3, 0.4) is 0 Å². The Kier molecular flexibility index (Phi) is 4.53. The van der Waals surface area contributed by atoms with Gasteiger partial charge in [-0.3, -0.25) is 9.63 Å². The first-order valence-electron chi connectivity index (χ1n) is 6.04. The highest BCUT2D eigenvalue weighted by molar-refractivity contribution is 5.93. The molecule has 0 atom stereocenters. The summed E-state index contributed by atoms with van der Waals surface area (Å²) in [6.07, 6.45) is 0. The highest BCUT2D eigenvalue weighted by atomic mass is 16.6. The van der Waals surface area contributed by atoms with Crippen LogP contribution in [-0.2, 0) is 4.84 Å². The Balaban J connectivity index is 2.09. The number of hydrogen-bond acceptors (Lipinski definition) is 3. The van der Waals surface area contributed by atoms with Gasteiger partial charge in [-0.1, -0.05) is 24.3 Å². The first-order chi connectivity index (χ1) is 9.29. The average molecular weight is 257 g/mol. The van der Waals surface area contributed by atoms with E-state index in [4.69, 9.17) is 9.57 Å². The van der Waals surface area contributed by atoms with Crippen molar-refractivity contribution < 1.29 is 14.4 Å². The van der Waals surface area contributed by atoms with E-state index in [9.17, 15) is 4.79 Å². The molecule has 2 aromatic carbocycles.